The van der Waals surface area contributed by atoms with Crippen LogP contribution in [0.1, 0.15) is 32.1 Å². The van der Waals surface area contributed by atoms with Crippen LogP contribution in [0.25, 0.3) is 11.4 Å². The molecule has 1 aromatic heterocycles. The summed E-state index contributed by atoms with van der Waals surface area (Å²) in [5.74, 6) is 0.721. The zero-order chi connectivity index (χ0) is 14.7. The number of benzene rings is 1. The highest BCUT2D eigenvalue weighted by Crippen LogP contribution is 2.25. The average Bonchev–Trinajstić information content (AvgIpc) is 2.88. The molecule has 108 valence electrons. The van der Waals surface area contributed by atoms with E-state index in [1.807, 2.05) is 14.0 Å². The van der Waals surface area contributed by atoms with Gasteiger partial charge in [-0.15, -0.1) is 0 Å². The van der Waals surface area contributed by atoms with Gasteiger partial charge in [0.1, 0.15) is 5.82 Å². The van der Waals surface area contributed by atoms with Crippen LogP contribution in [-0.2, 0) is 0 Å². The first-order valence-electron chi connectivity index (χ1n) is 6.52. The SMILES string of the molecule is CCC(NC)C(C)c1nc(-c2cc(F)cc(Br)c2)no1. The van der Waals surface area contributed by atoms with Gasteiger partial charge in [-0.05, 0) is 31.7 Å². The maximum atomic E-state index is 13.4. The average molecular weight is 342 g/mol. The number of hydrogen-bond acceptors (Lipinski definition) is 4. The van der Waals surface area contributed by atoms with E-state index >= 15 is 0 Å². The fraction of sp³-hybridized carbons (Fsp3) is 0.429. The molecule has 2 rings (SSSR count). The van der Waals surface area contributed by atoms with Gasteiger partial charge in [0.15, 0.2) is 0 Å². The molecule has 0 amide bonds. The Morgan fingerprint density at radius 2 is 2.15 bits per heavy atom. The van der Waals surface area contributed by atoms with Crippen molar-refractivity contribution in [2.45, 2.75) is 32.2 Å². The Labute approximate surface area is 125 Å². The van der Waals surface area contributed by atoms with Crippen LogP contribution in [0.5, 0.6) is 0 Å². The molecular weight excluding hydrogens is 325 g/mol. The van der Waals surface area contributed by atoms with Gasteiger partial charge in [0.2, 0.25) is 11.7 Å². The van der Waals surface area contributed by atoms with E-state index in [9.17, 15) is 4.39 Å². The van der Waals surface area contributed by atoms with Crippen LogP contribution in [0.3, 0.4) is 0 Å². The molecule has 2 unspecified atom stereocenters. The summed E-state index contributed by atoms with van der Waals surface area (Å²) in [5, 5.41) is 7.16. The Morgan fingerprint density at radius 3 is 2.75 bits per heavy atom. The number of nitrogens with zero attached hydrogens (tertiary/aromatic N) is 2. The van der Waals surface area contributed by atoms with Crippen LogP contribution in [0.4, 0.5) is 4.39 Å². The Bertz CT molecular complexity index is 563. The zero-order valence-electron chi connectivity index (χ0n) is 11.7. The Morgan fingerprint density at radius 1 is 1.40 bits per heavy atom. The predicted molar refractivity (Wildman–Crippen MR) is 78.9 cm³/mol. The van der Waals surface area contributed by atoms with E-state index < -0.39 is 0 Å². The Kier molecular flexibility index (Phi) is 4.88. The topological polar surface area (TPSA) is 51.0 Å². The van der Waals surface area contributed by atoms with Crippen molar-refractivity contribution >= 4 is 15.9 Å². The van der Waals surface area contributed by atoms with Crippen molar-refractivity contribution in [2.75, 3.05) is 7.05 Å². The number of likely N-dealkylation sites (N-methyl/N-ethyl adjacent to an activating group) is 1. The van der Waals surface area contributed by atoms with Gasteiger partial charge in [-0.25, -0.2) is 4.39 Å². The maximum absolute atomic E-state index is 13.4. The van der Waals surface area contributed by atoms with Crippen LogP contribution in [-0.4, -0.2) is 23.2 Å². The molecule has 0 bridgehead atoms. The second-order valence-corrected chi connectivity index (χ2v) is 5.62. The van der Waals surface area contributed by atoms with E-state index in [1.165, 1.54) is 12.1 Å². The molecule has 0 fully saturated rings. The zero-order valence-corrected chi connectivity index (χ0v) is 13.2. The largest absolute Gasteiger partial charge is 0.339 e. The van der Waals surface area contributed by atoms with Crippen molar-refractivity contribution in [2.24, 2.45) is 0 Å². The number of hydrogen-bond donors (Lipinski definition) is 1. The minimum atomic E-state index is -0.338. The van der Waals surface area contributed by atoms with Gasteiger partial charge < -0.3 is 9.84 Å². The van der Waals surface area contributed by atoms with E-state index in [2.05, 4.69) is 38.3 Å². The molecule has 0 aliphatic rings. The summed E-state index contributed by atoms with van der Waals surface area (Å²) in [6.45, 7) is 4.13. The second kappa shape index (κ2) is 6.45. The van der Waals surface area contributed by atoms with Crippen molar-refractivity contribution < 1.29 is 8.91 Å². The molecule has 0 spiro atoms. The first-order chi connectivity index (χ1) is 9.55. The van der Waals surface area contributed by atoms with Crippen molar-refractivity contribution in [3.8, 4) is 11.4 Å². The fourth-order valence-electron chi connectivity index (χ4n) is 2.20. The molecule has 0 saturated heterocycles. The molecule has 1 aromatic carbocycles. The lowest BCUT2D eigenvalue weighted by molar-refractivity contribution is 0.326. The van der Waals surface area contributed by atoms with Gasteiger partial charge in [0.05, 0.1) is 5.92 Å². The summed E-state index contributed by atoms with van der Waals surface area (Å²) >= 11 is 3.26. The molecule has 4 nitrogen and oxygen atoms in total. The summed E-state index contributed by atoms with van der Waals surface area (Å²) in [6.07, 6.45) is 0.959. The molecule has 2 atom stereocenters. The highest BCUT2D eigenvalue weighted by Gasteiger charge is 2.22. The van der Waals surface area contributed by atoms with E-state index in [4.69, 9.17) is 4.52 Å². The van der Waals surface area contributed by atoms with Crippen molar-refractivity contribution in [3.63, 3.8) is 0 Å². The molecule has 6 heteroatoms. The molecule has 0 saturated carbocycles. The van der Waals surface area contributed by atoms with E-state index in [0.717, 1.165) is 6.42 Å². The molecule has 0 aliphatic carbocycles. The smallest absolute Gasteiger partial charge is 0.231 e. The molecule has 0 radical (unpaired) electrons. The van der Waals surface area contributed by atoms with Crippen LogP contribution in [0, 0.1) is 5.82 Å². The van der Waals surface area contributed by atoms with Crippen LogP contribution < -0.4 is 5.32 Å². The third-order valence-electron chi connectivity index (χ3n) is 3.37. The Balaban J connectivity index is 2.28. The van der Waals surface area contributed by atoms with Crippen LogP contribution in [0.15, 0.2) is 27.2 Å². The lowest BCUT2D eigenvalue weighted by Crippen LogP contribution is -2.30. The quantitative estimate of drug-likeness (QED) is 0.899. The molecule has 1 heterocycles. The van der Waals surface area contributed by atoms with Gasteiger partial charge in [-0.1, -0.05) is 34.9 Å². The molecule has 20 heavy (non-hydrogen) atoms. The maximum Gasteiger partial charge on any atom is 0.231 e. The van der Waals surface area contributed by atoms with E-state index in [-0.39, 0.29) is 17.8 Å². The van der Waals surface area contributed by atoms with Gasteiger partial charge in [-0.2, -0.15) is 4.98 Å². The molecule has 2 aromatic rings. The van der Waals surface area contributed by atoms with Gasteiger partial charge >= 0.3 is 0 Å². The predicted octanol–water partition coefficient (Wildman–Crippen LogP) is 3.74. The number of halogens is 2. The van der Waals surface area contributed by atoms with Crippen molar-refractivity contribution in [3.05, 3.63) is 34.4 Å². The standard InChI is InChI=1S/C14H17BrFN3O/c1-4-12(17-3)8(2)14-18-13(19-20-14)9-5-10(15)7-11(16)6-9/h5-8,12,17H,4H2,1-3H3. The first-order valence-corrected chi connectivity index (χ1v) is 7.31. The minimum absolute atomic E-state index is 0.100. The Hall–Kier alpha value is -1.27. The van der Waals surface area contributed by atoms with Crippen LogP contribution >= 0.6 is 15.9 Å². The number of aromatic nitrogens is 2. The molecule has 1 N–H and O–H groups in total. The first kappa shape index (κ1) is 15.1. The number of nitrogens with one attached hydrogen (secondary N) is 1. The third-order valence-corrected chi connectivity index (χ3v) is 3.82. The summed E-state index contributed by atoms with van der Waals surface area (Å²) in [5.41, 5.74) is 0.594. The lowest BCUT2D eigenvalue weighted by atomic mass is 10.00. The third kappa shape index (κ3) is 3.24. The summed E-state index contributed by atoms with van der Waals surface area (Å²) in [6, 6.07) is 4.81. The minimum Gasteiger partial charge on any atom is -0.339 e. The normalized spacial score (nSPS) is 14.2. The summed E-state index contributed by atoms with van der Waals surface area (Å²) in [4.78, 5) is 4.37. The van der Waals surface area contributed by atoms with Gasteiger partial charge in [0, 0.05) is 16.1 Å². The van der Waals surface area contributed by atoms with Crippen LogP contribution in [0.2, 0.25) is 0 Å². The fourth-order valence-corrected chi connectivity index (χ4v) is 2.67. The summed E-state index contributed by atoms with van der Waals surface area (Å²) in [7, 11) is 1.91. The number of rotatable bonds is 5. The van der Waals surface area contributed by atoms with Crippen molar-refractivity contribution in [1.29, 1.82) is 0 Å². The molecular formula is C14H17BrFN3O. The van der Waals surface area contributed by atoms with E-state index in [0.29, 0.717) is 21.8 Å². The summed E-state index contributed by atoms with van der Waals surface area (Å²) < 4.78 is 19.3. The lowest BCUT2D eigenvalue weighted by Gasteiger charge is -2.18. The highest BCUT2D eigenvalue weighted by molar-refractivity contribution is 9.10. The second-order valence-electron chi connectivity index (χ2n) is 4.71. The van der Waals surface area contributed by atoms with Crippen molar-refractivity contribution in [1.82, 2.24) is 15.5 Å². The van der Waals surface area contributed by atoms with Gasteiger partial charge in [0.25, 0.3) is 0 Å². The monoisotopic (exact) mass is 341 g/mol. The van der Waals surface area contributed by atoms with Gasteiger partial charge in [-0.3, -0.25) is 0 Å². The molecule has 0 aliphatic heterocycles. The van der Waals surface area contributed by atoms with E-state index in [1.54, 1.807) is 6.07 Å². The highest BCUT2D eigenvalue weighted by atomic mass is 79.9.